The summed E-state index contributed by atoms with van der Waals surface area (Å²) in [6.45, 7) is 8.90. The Morgan fingerprint density at radius 1 is 1.36 bits per heavy atom. The molecule has 0 aromatic rings. The first kappa shape index (κ1) is 10.6. The lowest BCUT2D eigenvalue weighted by Gasteiger charge is -2.14. The van der Waals surface area contributed by atoms with Crippen LogP contribution >= 0.6 is 0 Å². The summed E-state index contributed by atoms with van der Waals surface area (Å²) in [6, 6.07) is 1.02. The van der Waals surface area contributed by atoms with Gasteiger partial charge in [-0.1, -0.05) is 32.6 Å². The van der Waals surface area contributed by atoms with E-state index in [1.165, 1.54) is 0 Å². The Hall–Kier alpha value is -0.373. The monoisotopic (exact) mass is 170 g/mol. The Morgan fingerprint density at radius 2 is 1.91 bits per heavy atom. The van der Waals surface area contributed by atoms with E-state index in [2.05, 4.69) is 26.6 Å². The number of carbonyl (C=O) groups excluding carboxylic acids is 1. The van der Waals surface area contributed by atoms with Gasteiger partial charge in [0.2, 0.25) is 0 Å². The molecule has 0 aromatic heterocycles. The molecule has 0 aliphatic rings. The van der Waals surface area contributed by atoms with Crippen molar-refractivity contribution in [2.24, 2.45) is 0 Å². The third kappa shape index (κ3) is 6.04. The van der Waals surface area contributed by atoms with Gasteiger partial charge >= 0.3 is 0 Å². The van der Waals surface area contributed by atoms with Crippen LogP contribution in [0.4, 0.5) is 0 Å². The normalized spacial score (nSPS) is 13.3. The molecule has 0 amide bonds. The average Bonchev–Trinajstić information content (AvgIpc) is 1.84. The number of rotatable bonds is 4. The molecule has 1 nitrogen and oxygen atoms in total. The quantitative estimate of drug-likeness (QED) is 0.360. The highest BCUT2D eigenvalue weighted by Gasteiger charge is 2.14. The van der Waals surface area contributed by atoms with E-state index < -0.39 is 8.07 Å². The molecule has 2 heteroatoms. The third-order valence-corrected chi connectivity index (χ3v) is 2.82. The van der Waals surface area contributed by atoms with Gasteiger partial charge in [0.05, 0.1) is 0 Å². The summed E-state index contributed by atoms with van der Waals surface area (Å²) in [7, 11) is -1.08. The Morgan fingerprint density at radius 3 is 2.18 bits per heavy atom. The second-order valence-corrected chi connectivity index (χ2v) is 9.52. The first-order valence-corrected chi connectivity index (χ1v) is 7.84. The molecular weight excluding hydrogens is 152 g/mol. The number of aldehydes is 1. The van der Waals surface area contributed by atoms with Crippen molar-refractivity contribution in [1.29, 1.82) is 0 Å². The fourth-order valence-electron chi connectivity index (χ4n) is 1.04. The first-order chi connectivity index (χ1) is 4.99. The molecule has 0 radical (unpaired) electrons. The zero-order valence-electron chi connectivity index (χ0n) is 7.98. The van der Waals surface area contributed by atoms with Crippen molar-refractivity contribution in [3.8, 4) is 0 Å². The highest BCUT2D eigenvalue weighted by molar-refractivity contribution is 6.76. The van der Waals surface area contributed by atoms with E-state index in [4.69, 9.17) is 0 Å². The van der Waals surface area contributed by atoms with Gasteiger partial charge in [-0.05, 0) is 18.0 Å². The zero-order chi connectivity index (χ0) is 8.91. The van der Waals surface area contributed by atoms with Crippen LogP contribution in [0.2, 0.25) is 25.7 Å². The lowest BCUT2D eigenvalue weighted by Crippen LogP contribution is -2.20. The topological polar surface area (TPSA) is 17.1 Å². The van der Waals surface area contributed by atoms with Crippen LogP contribution in [0.15, 0.2) is 11.6 Å². The summed E-state index contributed by atoms with van der Waals surface area (Å²) in [5, 5.41) is 0. The predicted octanol–water partition coefficient (Wildman–Crippen LogP) is 2.86. The predicted molar refractivity (Wildman–Crippen MR) is 52.6 cm³/mol. The molecule has 0 spiro atoms. The van der Waals surface area contributed by atoms with Crippen molar-refractivity contribution in [1.82, 2.24) is 0 Å². The lowest BCUT2D eigenvalue weighted by atomic mass is 10.3. The highest BCUT2D eigenvalue weighted by Crippen LogP contribution is 2.14. The maximum Gasteiger partial charge on any atom is 0.145 e. The molecule has 0 rings (SSSR count). The minimum absolute atomic E-state index is 0.971. The summed E-state index contributed by atoms with van der Waals surface area (Å²) in [4.78, 5) is 10.5. The van der Waals surface area contributed by atoms with Crippen molar-refractivity contribution in [2.75, 3.05) is 0 Å². The molecule has 64 valence electrons. The molecule has 0 N–H and O–H groups in total. The van der Waals surface area contributed by atoms with Gasteiger partial charge in [0, 0.05) is 8.07 Å². The van der Waals surface area contributed by atoms with Crippen LogP contribution in [0, 0.1) is 0 Å². The fraction of sp³-hybridized carbons (Fsp3) is 0.667. The van der Waals surface area contributed by atoms with Gasteiger partial charge in [0.15, 0.2) is 0 Å². The van der Waals surface area contributed by atoms with Crippen molar-refractivity contribution in [3.63, 3.8) is 0 Å². The number of carbonyl (C=O) groups is 1. The van der Waals surface area contributed by atoms with Crippen molar-refractivity contribution < 1.29 is 4.79 Å². The average molecular weight is 170 g/mol. The summed E-state index contributed by atoms with van der Waals surface area (Å²) in [5.41, 5.74) is 0.992. The molecule has 0 saturated heterocycles. The second-order valence-electron chi connectivity index (χ2n) is 4.04. The molecule has 11 heavy (non-hydrogen) atoms. The van der Waals surface area contributed by atoms with Gasteiger partial charge in [-0.25, -0.2) is 0 Å². The third-order valence-electron chi connectivity index (χ3n) is 1.35. The lowest BCUT2D eigenvalue weighted by molar-refractivity contribution is -0.104. The Balaban J connectivity index is 4.09. The summed E-state index contributed by atoms with van der Waals surface area (Å²) in [6.07, 6.45) is 4.01. The summed E-state index contributed by atoms with van der Waals surface area (Å²) >= 11 is 0. The van der Waals surface area contributed by atoms with Gasteiger partial charge in [0.25, 0.3) is 0 Å². The Labute approximate surface area is 70.5 Å². The van der Waals surface area contributed by atoms with Crippen LogP contribution in [-0.2, 0) is 4.79 Å². The minimum atomic E-state index is -1.08. The molecule has 0 fully saturated rings. The second kappa shape index (κ2) is 4.49. The van der Waals surface area contributed by atoms with Crippen LogP contribution in [0.5, 0.6) is 0 Å². The number of hydrogen-bond acceptors (Lipinski definition) is 1. The number of allylic oxidation sites excluding steroid dienone is 2. The van der Waals surface area contributed by atoms with Crippen LogP contribution < -0.4 is 0 Å². The molecule has 0 atom stereocenters. The van der Waals surface area contributed by atoms with Crippen molar-refractivity contribution >= 4 is 14.4 Å². The summed E-state index contributed by atoms with van der Waals surface area (Å²) < 4.78 is 0. The first-order valence-electron chi connectivity index (χ1n) is 4.14. The SMILES string of the molecule is CCC=C(C=O)C[Si](C)(C)C. The van der Waals surface area contributed by atoms with E-state index >= 15 is 0 Å². The van der Waals surface area contributed by atoms with Crippen LogP contribution in [0.1, 0.15) is 13.3 Å². The minimum Gasteiger partial charge on any atom is -0.298 e. The fourth-order valence-corrected chi connectivity index (χ4v) is 2.49. The van der Waals surface area contributed by atoms with E-state index in [9.17, 15) is 4.79 Å². The van der Waals surface area contributed by atoms with E-state index in [0.717, 1.165) is 24.3 Å². The molecule has 0 bridgehead atoms. The molecule has 0 aliphatic carbocycles. The summed E-state index contributed by atoms with van der Waals surface area (Å²) in [5.74, 6) is 0. The van der Waals surface area contributed by atoms with E-state index in [1.54, 1.807) is 0 Å². The van der Waals surface area contributed by atoms with Gasteiger partial charge in [-0.15, -0.1) is 0 Å². The van der Waals surface area contributed by atoms with Gasteiger partial charge in [-0.2, -0.15) is 0 Å². The molecular formula is C9H18OSi. The van der Waals surface area contributed by atoms with Crippen LogP contribution in [0.25, 0.3) is 0 Å². The van der Waals surface area contributed by atoms with E-state index in [1.807, 2.05) is 6.08 Å². The standard InChI is InChI=1S/C9H18OSi/c1-5-6-9(7-10)8-11(2,3)4/h6-7H,5,8H2,1-4H3. The maximum atomic E-state index is 10.5. The Bertz CT molecular complexity index is 153. The Kier molecular flexibility index (Phi) is 4.34. The largest absolute Gasteiger partial charge is 0.298 e. The van der Waals surface area contributed by atoms with Gasteiger partial charge < -0.3 is 0 Å². The molecule has 0 saturated carbocycles. The molecule has 0 heterocycles. The van der Waals surface area contributed by atoms with Crippen molar-refractivity contribution in [3.05, 3.63) is 11.6 Å². The molecule has 0 aromatic carbocycles. The van der Waals surface area contributed by atoms with Crippen LogP contribution in [0.3, 0.4) is 0 Å². The molecule has 0 unspecified atom stereocenters. The van der Waals surface area contributed by atoms with Gasteiger partial charge in [0.1, 0.15) is 6.29 Å². The molecule has 0 aliphatic heterocycles. The highest BCUT2D eigenvalue weighted by atomic mass is 28.3. The zero-order valence-corrected chi connectivity index (χ0v) is 8.98. The smallest absolute Gasteiger partial charge is 0.145 e. The van der Waals surface area contributed by atoms with E-state index in [-0.39, 0.29) is 0 Å². The van der Waals surface area contributed by atoms with Gasteiger partial charge in [-0.3, -0.25) is 4.79 Å². The van der Waals surface area contributed by atoms with E-state index in [0.29, 0.717) is 0 Å². The maximum absolute atomic E-state index is 10.5. The number of hydrogen-bond donors (Lipinski definition) is 0. The van der Waals surface area contributed by atoms with Crippen LogP contribution in [-0.4, -0.2) is 14.4 Å². The van der Waals surface area contributed by atoms with Crippen molar-refractivity contribution in [2.45, 2.75) is 39.0 Å².